The SMILES string of the molecule is COC(=O)c1ccc(CN(CCCCOc2cc(CN(Cc3ccccn3)Cc3ccccn3)cc(CN(Cc3ccccn3)Cc3ccccn3)c2)C(=O)OC(C)(C)C)cc1. The molecule has 12 nitrogen and oxygen atoms in total. The van der Waals surface area contributed by atoms with Crippen LogP contribution in [0.4, 0.5) is 4.79 Å². The fourth-order valence-corrected chi connectivity index (χ4v) is 6.97. The fraction of sp³-hybridized carbons (Fsp3) is 0.320. The predicted molar refractivity (Wildman–Crippen MR) is 238 cm³/mol. The smallest absolute Gasteiger partial charge is 0.410 e. The molecule has 0 unspecified atom stereocenters. The van der Waals surface area contributed by atoms with Crippen molar-refractivity contribution in [3.05, 3.63) is 185 Å². The molecule has 322 valence electrons. The Bertz CT molecular complexity index is 2070. The first-order valence-corrected chi connectivity index (χ1v) is 21.0. The van der Waals surface area contributed by atoms with E-state index >= 15 is 0 Å². The Hall–Kier alpha value is -6.50. The zero-order valence-corrected chi connectivity index (χ0v) is 36.2. The minimum atomic E-state index is -0.647. The van der Waals surface area contributed by atoms with Gasteiger partial charge in [0.15, 0.2) is 0 Å². The monoisotopic (exact) mass is 835 g/mol. The molecule has 0 aliphatic rings. The zero-order chi connectivity index (χ0) is 43.6. The average Bonchev–Trinajstić information content (AvgIpc) is 3.26. The van der Waals surface area contributed by atoms with E-state index in [9.17, 15) is 9.59 Å². The van der Waals surface area contributed by atoms with Crippen LogP contribution in [-0.2, 0) is 55.3 Å². The summed E-state index contributed by atoms with van der Waals surface area (Å²) in [6, 6.07) is 37.6. The summed E-state index contributed by atoms with van der Waals surface area (Å²) in [4.78, 5) is 50.3. The highest BCUT2D eigenvalue weighted by atomic mass is 16.6. The number of pyridine rings is 4. The van der Waals surface area contributed by atoms with Crippen LogP contribution < -0.4 is 4.74 Å². The molecule has 0 N–H and O–H groups in total. The molecule has 0 fully saturated rings. The van der Waals surface area contributed by atoms with Crippen LogP contribution in [0.5, 0.6) is 5.75 Å². The molecule has 0 aliphatic carbocycles. The molecule has 62 heavy (non-hydrogen) atoms. The maximum atomic E-state index is 13.4. The van der Waals surface area contributed by atoms with Gasteiger partial charge in [0.2, 0.25) is 0 Å². The minimum Gasteiger partial charge on any atom is -0.494 e. The second kappa shape index (κ2) is 22.9. The van der Waals surface area contributed by atoms with Crippen molar-refractivity contribution in [2.24, 2.45) is 0 Å². The summed E-state index contributed by atoms with van der Waals surface area (Å²) in [5, 5.41) is 0. The van der Waals surface area contributed by atoms with Gasteiger partial charge in [-0.05, 0) is 123 Å². The van der Waals surface area contributed by atoms with E-state index in [-0.39, 0.29) is 0 Å². The van der Waals surface area contributed by atoms with Gasteiger partial charge in [-0.2, -0.15) is 0 Å². The van der Waals surface area contributed by atoms with E-state index in [1.807, 2.05) is 130 Å². The van der Waals surface area contributed by atoms with E-state index in [1.165, 1.54) is 7.11 Å². The van der Waals surface area contributed by atoms with Gasteiger partial charge in [0.05, 0.1) is 42.1 Å². The van der Waals surface area contributed by atoms with Crippen LogP contribution in [0.15, 0.2) is 140 Å². The van der Waals surface area contributed by atoms with Gasteiger partial charge in [0, 0.05) is 77.1 Å². The standard InChI is InChI=1S/C50H57N7O5/c1-50(2,3)62-49(59)57(34-39-19-21-42(22-20-39)48(58)60-4)27-13-14-28-61-47-30-40(32-55(35-43-15-5-9-23-51-43)36-44-16-6-10-24-52-44)29-41(31-47)33-56(37-45-17-7-11-25-53-45)38-46-18-8-12-26-54-46/h5-12,15-26,29-31H,13-14,27-28,32-38H2,1-4H3. The number of rotatable bonds is 21. The number of unbranched alkanes of at least 4 members (excludes halogenated alkanes) is 1. The van der Waals surface area contributed by atoms with Gasteiger partial charge in [-0.1, -0.05) is 42.5 Å². The van der Waals surface area contributed by atoms with Crippen LogP contribution in [-0.4, -0.2) is 72.6 Å². The first kappa shape index (κ1) is 45.0. The summed E-state index contributed by atoms with van der Waals surface area (Å²) in [5.74, 6) is 0.370. The zero-order valence-electron chi connectivity index (χ0n) is 36.2. The molecular weight excluding hydrogens is 779 g/mol. The largest absolute Gasteiger partial charge is 0.494 e. The molecule has 0 saturated heterocycles. The van der Waals surface area contributed by atoms with Crippen molar-refractivity contribution >= 4 is 12.1 Å². The van der Waals surface area contributed by atoms with Crippen molar-refractivity contribution in [3.8, 4) is 5.75 Å². The van der Waals surface area contributed by atoms with Crippen LogP contribution in [0.3, 0.4) is 0 Å². The molecule has 2 aromatic carbocycles. The van der Waals surface area contributed by atoms with Gasteiger partial charge < -0.3 is 19.1 Å². The number of aromatic nitrogens is 4. The Morgan fingerprint density at radius 3 is 1.42 bits per heavy atom. The van der Waals surface area contributed by atoms with Crippen molar-refractivity contribution in [1.82, 2.24) is 34.6 Å². The predicted octanol–water partition coefficient (Wildman–Crippen LogP) is 9.05. The molecule has 4 aromatic heterocycles. The van der Waals surface area contributed by atoms with Crippen molar-refractivity contribution in [2.75, 3.05) is 20.3 Å². The first-order valence-electron chi connectivity index (χ1n) is 21.0. The number of nitrogens with zero attached hydrogens (tertiary/aromatic N) is 7. The van der Waals surface area contributed by atoms with E-state index in [1.54, 1.807) is 17.0 Å². The summed E-state index contributed by atoms with van der Waals surface area (Å²) in [6.07, 6.45) is 8.32. The number of esters is 1. The van der Waals surface area contributed by atoms with E-state index in [0.717, 1.165) is 45.2 Å². The third-order valence-electron chi connectivity index (χ3n) is 9.78. The summed E-state index contributed by atoms with van der Waals surface area (Å²) < 4.78 is 17.2. The lowest BCUT2D eigenvalue weighted by atomic mass is 10.1. The first-order chi connectivity index (χ1) is 30.1. The number of carbonyl (C=O) groups is 2. The molecule has 4 heterocycles. The molecule has 1 amide bonds. The van der Waals surface area contributed by atoms with Crippen molar-refractivity contribution in [2.45, 2.75) is 85.0 Å². The van der Waals surface area contributed by atoms with Crippen LogP contribution in [0.2, 0.25) is 0 Å². The van der Waals surface area contributed by atoms with Gasteiger partial charge in [-0.15, -0.1) is 0 Å². The Morgan fingerprint density at radius 1 is 0.548 bits per heavy atom. The van der Waals surface area contributed by atoms with Gasteiger partial charge in [0.25, 0.3) is 0 Å². The molecular formula is C50H57N7O5. The highest BCUT2D eigenvalue weighted by Crippen LogP contribution is 2.24. The maximum absolute atomic E-state index is 13.4. The lowest BCUT2D eigenvalue weighted by Gasteiger charge is -2.27. The number of hydrogen-bond acceptors (Lipinski definition) is 11. The molecule has 0 aliphatic heterocycles. The summed E-state index contributed by atoms with van der Waals surface area (Å²) >= 11 is 0. The fourth-order valence-electron chi connectivity index (χ4n) is 6.97. The second-order valence-corrected chi connectivity index (χ2v) is 16.2. The number of methoxy groups -OCH3 is 1. The van der Waals surface area contributed by atoms with Gasteiger partial charge in [-0.25, -0.2) is 9.59 Å². The number of ether oxygens (including phenoxy) is 3. The molecule has 0 bridgehead atoms. The average molecular weight is 836 g/mol. The molecule has 0 spiro atoms. The quantitative estimate of drug-likeness (QED) is 0.0510. The van der Waals surface area contributed by atoms with E-state index < -0.39 is 17.7 Å². The molecule has 0 saturated carbocycles. The number of carbonyl (C=O) groups excluding carboxylic acids is 2. The summed E-state index contributed by atoms with van der Waals surface area (Å²) in [7, 11) is 1.35. The number of hydrogen-bond donors (Lipinski definition) is 0. The maximum Gasteiger partial charge on any atom is 0.410 e. The van der Waals surface area contributed by atoms with Crippen molar-refractivity contribution in [3.63, 3.8) is 0 Å². The Balaban J connectivity index is 1.20. The second-order valence-electron chi connectivity index (χ2n) is 16.2. The topological polar surface area (TPSA) is 123 Å². The van der Waals surface area contributed by atoms with Crippen molar-refractivity contribution in [1.29, 1.82) is 0 Å². The number of amides is 1. The van der Waals surface area contributed by atoms with Crippen LogP contribution in [0.1, 0.15) is 83.4 Å². The van der Waals surface area contributed by atoms with Gasteiger partial charge >= 0.3 is 12.1 Å². The molecule has 0 radical (unpaired) electrons. The number of benzene rings is 2. The Kier molecular flexibility index (Phi) is 16.6. The van der Waals surface area contributed by atoms with E-state index in [2.05, 4.69) is 47.9 Å². The normalized spacial score (nSPS) is 11.4. The van der Waals surface area contributed by atoms with Crippen LogP contribution >= 0.6 is 0 Å². The summed E-state index contributed by atoms with van der Waals surface area (Å²) in [6.45, 7) is 10.7. The van der Waals surface area contributed by atoms with Crippen LogP contribution in [0.25, 0.3) is 0 Å². The lowest BCUT2D eigenvalue weighted by Crippen LogP contribution is -2.37. The highest BCUT2D eigenvalue weighted by molar-refractivity contribution is 5.89. The molecule has 6 aromatic rings. The van der Waals surface area contributed by atoms with Crippen molar-refractivity contribution < 1.29 is 23.8 Å². The molecule has 12 heteroatoms. The lowest BCUT2D eigenvalue weighted by molar-refractivity contribution is 0.0228. The van der Waals surface area contributed by atoms with Gasteiger partial charge in [-0.3, -0.25) is 29.7 Å². The van der Waals surface area contributed by atoms with Crippen LogP contribution in [0, 0.1) is 0 Å². The minimum absolute atomic E-state index is 0.337. The van der Waals surface area contributed by atoms with E-state index in [4.69, 9.17) is 14.2 Å². The third-order valence-corrected chi connectivity index (χ3v) is 9.78. The van der Waals surface area contributed by atoms with E-state index in [0.29, 0.717) is 77.4 Å². The third kappa shape index (κ3) is 15.2. The van der Waals surface area contributed by atoms with Gasteiger partial charge in [0.1, 0.15) is 11.4 Å². The Morgan fingerprint density at radius 2 is 1.02 bits per heavy atom. The molecule has 0 atom stereocenters. The summed E-state index contributed by atoms with van der Waals surface area (Å²) in [5.41, 5.74) is 6.81. The highest BCUT2D eigenvalue weighted by Gasteiger charge is 2.23. The Labute approximate surface area is 365 Å². The molecule has 6 rings (SSSR count).